The Labute approximate surface area is 109 Å². The van der Waals surface area contributed by atoms with Gasteiger partial charge in [-0.3, -0.25) is 4.79 Å². The summed E-state index contributed by atoms with van der Waals surface area (Å²) in [6, 6.07) is 13.2. The standard InChI is InChI=1S/C15H10FNO2/c1-10(18)12-7-8-14(13(9-17)15(12)16)19-11-5-3-2-4-6-11/h2-8H,1H3. The van der Waals surface area contributed by atoms with E-state index in [4.69, 9.17) is 10.00 Å². The first kappa shape index (κ1) is 12.8. The number of rotatable bonds is 3. The van der Waals surface area contributed by atoms with E-state index in [1.54, 1.807) is 30.3 Å². The Kier molecular flexibility index (Phi) is 3.58. The summed E-state index contributed by atoms with van der Waals surface area (Å²) < 4.78 is 19.4. The van der Waals surface area contributed by atoms with E-state index in [0.717, 1.165) is 0 Å². The third-order valence-electron chi connectivity index (χ3n) is 2.57. The lowest BCUT2D eigenvalue weighted by atomic mass is 10.1. The van der Waals surface area contributed by atoms with Gasteiger partial charge >= 0.3 is 0 Å². The van der Waals surface area contributed by atoms with E-state index in [9.17, 15) is 9.18 Å². The Balaban J connectivity index is 2.46. The van der Waals surface area contributed by atoms with Gasteiger partial charge in [-0.15, -0.1) is 0 Å². The number of hydrogen-bond donors (Lipinski definition) is 0. The van der Waals surface area contributed by atoms with Crippen LogP contribution in [0, 0.1) is 17.1 Å². The molecule has 0 unspecified atom stereocenters. The fraction of sp³-hybridized carbons (Fsp3) is 0.0667. The van der Waals surface area contributed by atoms with Crippen molar-refractivity contribution in [3.05, 3.63) is 59.4 Å². The molecule has 0 fully saturated rings. The van der Waals surface area contributed by atoms with Crippen LogP contribution in [0.3, 0.4) is 0 Å². The van der Waals surface area contributed by atoms with Gasteiger partial charge in [-0.05, 0) is 31.2 Å². The van der Waals surface area contributed by atoms with Crippen LogP contribution in [0.1, 0.15) is 22.8 Å². The quantitative estimate of drug-likeness (QED) is 0.786. The van der Waals surface area contributed by atoms with Gasteiger partial charge in [0.15, 0.2) is 11.6 Å². The fourth-order valence-corrected chi connectivity index (χ4v) is 1.63. The van der Waals surface area contributed by atoms with Crippen molar-refractivity contribution in [3.63, 3.8) is 0 Å². The van der Waals surface area contributed by atoms with E-state index >= 15 is 0 Å². The minimum Gasteiger partial charge on any atom is -0.456 e. The summed E-state index contributed by atoms with van der Waals surface area (Å²) in [4.78, 5) is 11.2. The molecule has 0 heterocycles. The SMILES string of the molecule is CC(=O)c1ccc(Oc2ccccc2)c(C#N)c1F. The average molecular weight is 255 g/mol. The Bertz CT molecular complexity index is 660. The van der Waals surface area contributed by atoms with Crippen molar-refractivity contribution in [2.75, 3.05) is 0 Å². The number of nitrogens with zero attached hydrogens (tertiary/aromatic N) is 1. The molecule has 2 aromatic carbocycles. The molecule has 19 heavy (non-hydrogen) atoms. The lowest BCUT2D eigenvalue weighted by molar-refractivity contribution is 0.101. The molecular formula is C15H10FNO2. The normalized spacial score (nSPS) is 9.74. The van der Waals surface area contributed by atoms with Crippen LogP contribution in [0.15, 0.2) is 42.5 Å². The second-order valence-electron chi connectivity index (χ2n) is 3.88. The van der Waals surface area contributed by atoms with Gasteiger partial charge in [0.25, 0.3) is 0 Å². The van der Waals surface area contributed by atoms with Gasteiger partial charge in [-0.1, -0.05) is 18.2 Å². The summed E-state index contributed by atoms with van der Waals surface area (Å²) in [5.41, 5.74) is -0.381. The summed E-state index contributed by atoms with van der Waals surface area (Å²) in [6.45, 7) is 1.25. The van der Waals surface area contributed by atoms with Gasteiger partial charge in [0.2, 0.25) is 0 Å². The number of ketones is 1. The summed E-state index contributed by atoms with van der Waals surface area (Å²) in [5, 5.41) is 9.00. The monoisotopic (exact) mass is 255 g/mol. The van der Waals surface area contributed by atoms with Gasteiger partial charge in [-0.2, -0.15) is 5.26 Å². The smallest absolute Gasteiger partial charge is 0.162 e. The van der Waals surface area contributed by atoms with Crippen molar-refractivity contribution in [2.24, 2.45) is 0 Å². The fourth-order valence-electron chi connectivity index (χ4n) is 1.63. The average Bonchev–Trinajstić information content (AvgIpc) is 2.40. The number of para-hydroxylation sites is 1. The number of ether oxygens (including phenoxy) is 1. The molecule has 0 aliphatic rings. The molecule has 0 radical (unpaired) electrons. The molecule has 0 N–H and O–H groups in total. The first-order valence-electron chi connectivity index (χ1n) is 5.60. The molecule has 0 aliphatic heterocycles. The zero-order valence-corrected chi connectivity index (χ0v) is 10.2. The highest BCUT2D eigenvalue weighted by atomic mass is 19.1. The second-order valence-corrected chi connectivity index (χ2v) is 3.88. The molecule has 0 bridgehead atoms. The van der Waals surface area contributed by atoms with E-state index in [1.165, 1.54) is 19.1 Å². The zero-order valence-electron chi connectivity index (χ0n) is 10.2. The van der Waals surface area contributed by atoms with Crippen molar-refractivity contribution in [1.29, 1.82) is 5.26 Å². The minimum absolute atomic E-state index is 0.0937. The van der Waals surface area contributed by atoms with Crippen LogP contribution in [-0.2, 0) is 0 Å². The van der Waals surface area contributed by atoms with Crippen LogP contribution in [0.25, 0.3) is 0 Å². The van der Waals surface area contributed by atoms with Crippen molar-refractivity contribution < 1.29 is 13.9 Å². The van der Waals surface area contributed by atoms with Crippen molar-refractivity contribution in [2.45, 2.75) is 6.92 Å². The van der Waals surface area contributed by atoms with Gasteiger partial charge in [0.05, 0.1) is 5.56 Å². The molecule has 3 nitrogen and oxygen atoms in total. The first-order valence-corrected chi connectivity index (χ1v) is 5.60. The van der Waals surface area contributed by atoms with Crippen LogP contribution in [-0.4, -0.2) is 5.78 Å². The number of nitriles is 1. The molecule has 94 valence electrons. The highest BCUT2D eigenvalue weighted by Gasteiger charge is 2.17. The summed E-state index contributed by atoms with van der Waals surface area (Å²) in [5.74, 6) is -0.686. The molecule has 0 amide bonds. The minimum atomic E-state index is -0.844. The highest BCUT2D eigenvalue weighted by molar-refractivity contribution is 5.95. The molecule has 0 saturated heterocycles. The lowest BCUT2D eigenvalue weighted by Gasteiger charge is -2.09. The molecule has 4 heteroatoms. The Morgan fingerprint density at radius 3 is 2.47 bits per heavy atom. The van der Waals surface area contributed by atoms with Crippen molar-refractivity contribution in [3.8, 4) is 17.6 Å². The molecule has 0 aliphatic carbocycles. The summed E-state index contributed by atoms with van der Waals surface area (Å²) >= 11 is 0. The Morgan fingerprint density at radius 2 is 1.89 bits per heavy atom. The second kappa shape index (κ2) is 5.32. The third kappa shape index (κ3) is 2.61. The number of carbonyl (C=O) groups is 1. The van der Waals surface area contributed by atoms with Crippen LogP contribution < -0.4 is 4.74 Å². The maximum atomic E-state index is 14.0. The topological polar surface area (TPSA) is 50.1 Å². The van der Waals surface area contributed by atoms with E-state index in [-0.39, 0.29) is 16.9 Å². The predicted molar refractivity (Wildman–Crippen MR) is 67.6 cm³/mol. The van der Waals surface area contributed by atoms with E-state index in [2.05, 4.69) is 0 Å². The van der Waals surface area contributed by atoms with Gasteiger partial charge in [0, 0.05) is 0 Å². The van der Waals surface area contributed by atoms with Crippen molar-refractivity contribution in [1.82, 2.24) is 0 Å². The maximum Gasteiger partial charge on any atom is 0.162 e. The molecule has 0 atom stereocenters. The van der Waals surface area contributed by atoms with Crippen LogP contribution >= 0.6 is 0 Å². The molecule has 0 saturated carbocycles. The number of benzene rings is 2. The lowest BCUT2D eigenvalue weighted by Crippen LogP contribution is -2.01. The largest absolute Gasteiger partial charge is 0.456 e. The highest BCUT2D eigenvalue weighted by Crippen LogP contribution is 2.28. The van der Waals surface area contributed by atoms with Crippen molar-refractivity contribution >= 4 is 5.78 Å². The van der Waals surface area contributed by atoms with E-state index < -0.39 is 11.6 Å². The summed E-state index contributed by atoms with van der Waals surface area (Å²) in [6.07, 6.45) is 0. The Hall–Kier alpha value is -2.67. The van der Waals surface area contributed by atoms with E-state index in [0.29, 0.717) is 5.75 Å². The molecular weight excluding hydrogens is 245 g/mol. The maximum absolute atomic E-state index is 14.0. The number of carbonyl (C=O) groups excluding carboxylic acids is 1. The number of Topliss-reactive ketones (excluding diaryl/α,β-unsaturated/α-hetero) is 1. The van der Waals surface area contributed by atoms with E-state index in [1.807, 2.05) is 6.07 Å². The van der Waals surface area contributed by atoms with Crippen LogP contribution in [0.5, 0.6) is 11.5 Å². The number of halogens is 1. The van der Waals surface area contributed by atoms with Gasteiger partial charge in [0.1, 0.15) is 23.1 Å². The van der Waals surface area contributed by atoms with Crippen LogP contribution in [0.2, 0.25) is 0 Å². The van der Waals surface area contributed by atoms with Crippen LogP contribution in [0.4, 0.5) is 4.39 Å². The predicted octanol–water partition coefficient (Wildman–Crippen LogP) is 3.69. The zero-order chi connectivity index (χ0) is 13.8. The van der Waals surface area contributed by atoms with Gasteiger partial charge < -0.3 is 4.74 Å². The first-order chi connectivity index (χ1) is 9.13. The van der Waals surface area contributed by atoms with Gasteiger partial charge in [-0.25, -0.2) is 4.39 Å². The Morgan fingerprint density at radius 1 is 1.21 bits per heavy atom. The number of hydrogen-bond acceptors (Lipinski definition) is 3. The molecule has 2 rings (SSSR count). The third-order valence-corrected chi connectivity index (χ3v) is 2.57. The summed E-state index contributed by atoms with van der Waals surface area (Å²) in [7, 11) is 0. The molecule has 2 aromatic rings. The molecule has 0 aromatic heterocycles. The molecule has 0 spiro atoms.